The van der Waals surface area contributed by atoms with E-state index in [-0.39, 0.29) is 0 Å². The van der Waals surface area contributed by atoms with Gasteiger partial charge in [-0.25, -0.2) is 0 Å². The van der Waals surface area contributed by atoms with E-state index in [1.807, 2.05) is 0 Å². The van der Waals surface area contributed by atoms with Gasteiger partial charge in [0, 0.05) is 9.34 Å². The van der Waals surface area contributed by atoms with Crippen molar-refractivity contribution in [2.75, 3.05) is 13.2 Å². The average molecular weight is 238 g/mol. The third-order valence-corrected chi connectivity index (χ3v) is 3.52. The summed E-state index contributed by atoms with van der Waals surface area (Å²) in [6.07, 6.45) is 4.25. The van der Waals surface area contributed by atoms with E-state index < -0.39 is 0 Å². The first-order valence-corrected chi connectivity index (χ1v) is 4.77. The number of hydrogen-bond donors (Lipinski definition) is 0. The predicted molar refractivity (Wildman–Crippen MR) is 44.9 cm³/mol. The molecule has 1 spiro atoms. The van der Waals surface area contributed by atoms with Crippen molar-refractivity contribution in [2.45, 2.75) is 23.2 Å². The van der Waals surface area contributed by atoms with Crippen molar-refractivity contribution in [1.82, 2.24) is 0 Å². The van der Waals surface area contributed by atoms with Crippen molar-refractivity contribution in [3.63, 3.8) is 0 Å². The first-order valence-electron chi connectivity index (χ1n) is 3.53. The molecule has 9 heavy (non-hydrogen) atoms. The summed E-state index contributed by atoms with van der Waals surface area (Å²) in [5, 5.41) is 0. The maximum atomic E-state index is 5.20. The van der Waals surface area contributed by atoms with Crippen molar-refractivity contribution in [3.8, 4) is 0 Å². The number of halogens is 1. The van der Waals surface area contributed by atoms with Gasteiger partial charge in [-0.15, -0.1) is 0 Å². The van der Waals surface area contributed by atoms with Gasteiger partial charge in [-0.3, -0.25) is 0 Å². The van der Waals surface area contributed by atoms with E-state index in [1.165, 1.54) is 19.3 Å². The van der Waals surface area contributed by atoms with Crippen LogP contribution in [0.5, 0.6) is 0 Å². The van der Waals surface area contributed by atoms with Gasteiger partial charge in [-0.2, -0.15) is 0 Å². The van der Waals surface area contributed by atoms with Gasteiger partial charge in [-0.1, -0.05) is 22.6 Å². The fraction of sp³-hybridized carbons (Fsp3) is 1.00. The monoisotopic (exact) mass is 238 g/mol. The highest BCUT2D eigenvalue weighted by Gasteiger charge is 2.43. The van der Waals surface area contributed by atoms with Crippen molar-refractivity contribution >= 4 is 22.6 Å². The zero-order valence-corrected chi connectivity index (χ0v) is 7.56. The van der Waals surface area contributed by atoms with Crippen molar-refractivity contribution in [2.24, 2.45) is 5.41 Å². The lowest BCUT2D eigenvalue weighted by Crippen LogP contribution is -2.40. The molecule has 1 aliphatic heterocycles. The van der Waals surface area contributed by atoms with Gasteiger partial charge in [0.25, 0.3) is 0 Å². The molecule has 0 amide bonds. The van der Waals surface area contributed by atoms with Crippen LogP contribution in [0.15, 0.2) is 0 Å². The topological polar surface area (TPSA) is 9.23 Å². The van der Waals surface area contributed by atoms with Gasteiger partial charge < -0.3 is 4.74 Å². The third-order valence-electron chi connectivity index (χ3n) is 2.46. The van der Waals surface area contributed by atoms with Gasteiger partial charge >= 0.3 is 0 Å². The van der Waals surface area contributed by atoms with Crippen molar-refractivity contribution < 1.29 is 4.74 Å². The number of ether oxygens (including phenoxy) is 1. The van der Waals surface area contributed by atoms with Crippen LogP contribution in [0.25, 0.3) is 0 Å². The quantitative estimate of drug-likeness (QED) is 0.463. The van der Waals surface area contributed by atoms with Crippen LogP contribution in [0.2, 0.25) is 0 Å². The second-order valence-corrected chi connectivity index (χ2v) is 5.09. The smallest absolute Gasteiger partial charge is 0.0545 e. The summed E-state index contributed by atoms with van der Waals surface area (Å²) in [5.74, 6) is 0. The molecule has 2 heteroatoms. The average Bonchev–Trinajstić information content (AvgIpc) is 2.09. The van der Waals surface area contributed by atoms with Crippen molar-refractivity contribution in [1.29, 1.82) is 0 Å². The van der Waals surface area contributed by atoms with Gasteiger partial charge in [0.2, 0.25) is 0 Å². The molecule has 1 saturated heterocycles. The first-order chi connectivity index (χ1) is 4.31. The first kappa shape index (κ1) is 6.40. The molecule has 2 fully saturated rings. The fourth-order valence-electron chi connectivity index (χ4n) is 1.79. The fourth-order valence-corrected chi connectivity index (χ4v) is 3.04. The number of hydrogen-bond acceptors (Lipinski definition) is 1. The molecule has 2 aliphatic rings. The minimum atomic E-state index is 0.659. The minimum Gasteiger partial charge on any atom is -0.380 e. The summed E-state index contributed by atoms with van der Waals surface area (Å²) in [4.78, 5) is 0. The molecule has 1 unspecified atom stereocenters. The summed E-state index contributed by atoms with van der Waals surface area (Å²) < 4.78 is 6.14. The lowest BCUT2D eigenvalue weighted by atomic mass is 9.85. The number of alkyl halides is 1. The zero-order valence-electron chi connectivity index (χ0n) is 5.40. The Morgan fingerprint density at radius 3 is 2.44 bits per heavy atom. The second kappa shape index (κ2) is 2.09. The largest absolute Gasteiger partial charge is 0.380 e. The molecule has 1 nitrogen and oxygen atoms in total. The molecule has 52 valence electrons. The van der Waals surface area contributed by atoms with Gasteiger partial charge in [-0.05, 0) is 19.3 Å². The van der Waals surface area contributed by atoms with Crippen molar-refractivity contribution in [3.05, 3.63) is 0 Å². The van der Waals surface area contributed by atoms with Crippen LogP contribution in [0.3, 0.4) is 0 Å². The van der Waals surface area contributed by atoms with Crippen LogP contribution in [-0.4, -0.2) is 17.1 Å². The van der Waals surface area contributed by atoms with E-state index in [2.05, 4.69) is 22.6 Å². The Labute approximate surface area is 69.3 Å². The molecule has 1 aliphatic carbocycles. The summed E-state index contributed by atoms with van der Waals surface area (Å²) in [6, 6.07) is 0. The standard InChI is InChI=1S/C7H11IO/c8-6-1-2-7(3-6)4-9-5-7/h6H,1-5H2. The molecule has 0 bridgehead atoms. The van der Waals surface area contributed by atoms with Crippen LogP contribution >= 0.6 is 22.6 Å². The molecule has 0 aromatic heterocycles. The molecule has 2 rings (SSSR count). The highest BCUT2D eigenvalue weighted by Crippen LogP contribution is 2.46. The molecule has 0 N–H and O–H groups in total. The molecule has 0 aromatic carbocycles. The lowest BCUT2D eigenvalue weighted by molar-refractivity contribution is -0.107. The zero-order chi connectivity index (χ0) is 6.32. The minimum absolute atomic E-state index is 0.659. The van der Waals surface area contributed by atoms with E-state index in [9.17, 15) is 0 Å². The highest BCUT2D eigenvalue weighted by molar-refractivity contribution is 14.1. The van der Waals surface area contributed by atoms with Crippen LogP contribution in [0, 0.1) is 5.41 Å². The third kappa shape index (κ3) is 1.00. The molecular weight excluding hydrogens is 227 g/mol. The molecule has 0 aromatic rings. The van der Waals surface area contributed by atoms with Crippen LogP contribution < -0.4 is 0 Å². The Balaban J connectivity index is 1.99. The van der Waals surface area contributed by atoms with E-state index in [4.69, 9.17) is 4.74 Å². The normalized spacial score (nSPS) is 39.0. The van der Waals surface area contributed by atoms with Gasteiger partial charge in [0.15, 0.2) is 0 Å². The van der Waals surface area contributed by atoms with Crippen LogP contribution in [0.1, 0.15) is 19.3 Å². The molecular formula is C7H11IO. The van der Waals surface area contributed by atoms with Crippen LogP contribution in [-0.2, 0) is 4.74 Å². The highest BCUT2D eigenvalue weighted by atomic mass is 127. The Kier molecular flexibility index (Phi) is 1.49. The Morgan fingerprint density at radius 2 is 2.22 bits per heavy atom. The summed E-state index contributed by atoms with van der Waals surface area (Å²) in [5.41, 5.74) is 0.659. The number of rotatable bonds is 0. The summed E-state index contributed by atoms with van der Waals surface area (Å²) in [6.45, 7) is 2.10. The Hall–Kier alpha value is 0.690. The summed E-state index contributed by atoms with van der Waals surface area (Å²) >= 11 is 2.56. The Morgan fingerprint density at radius 1 is 1.44 bits per heavy atom. The molecule has 0 radical (unpaired) electrons. The molecule has 1 saturated carbocycles. The maximum Gasteiger partial charge on any atom is 0.0545 e. The van der Waals surface area contributed by atoms with Gasteiger partial charge in [0.1, 0.15) is 0 Å². The van der Waals surface area contributed by atoms with E-state index in [0.717, 1.165) is 17.1 Å². The maximum absolute atomic E-state index is 5.20. The summed E-state index contributed by atoms with van der Waals surface area (Å²) in [7, 11) is 0. The lowest BCUT2D eigenvalue weighted by Gasteiger charge is -2.37. The van der Waals surface area contributed by atoms with E-state index in [1.54, 1.807) is 0 Å². The van der Waals surface area contributed by atoms with Gasteiger partial charge in [0.05, 0.1) is 13.2 Å². The molecule has 1 heterocycles. The molecule has 1 atom stereocenters. The second-order valence-electron chi connectivity index (χ2n) is 3.33. The van der Waals surface area contributed by atoms with Crippen LogP contribution in [0.4, 0.5) is 0 Å². The van der Waals surface area contributed by atoms with E-state index in [0.29, 0.717) is 5.41 Å². The van der Waals surface area contributed by atoms with E-state index >= 15 is 0 Å². The SMILES string of the molecule is IC1CCC2(COC2)C1. The predicted octanol–water partition coefficient (Wildman–Crippen LogP) is 1.99. The Bertz CT molecular complexity index is 120.